The zero-order chi connectivity index (χ0) is 21.7. The number of halogens is 6. The molecule has 0 fully saturated rings. The molecule has 1 heterocycles. The van der Waals surface area contributed by atoms with E-state index in [0.29, 0.717) is 12.1 Å². The largest absolute Gasteiger partial charge is 0.461 e. The summed E-state index contributed by atoms with van der Waals surface area (Å²) in [6, 6.07) is -0.0190. The van der Waals surface area contributed by atoms with E-state index < -0.39 is 35.9 Å². The third-order valence-corrected chi connectivity index (χ3v) is 4.50. The van der Waals surface area contributed by atoms with Crippen LogP contribution in [0.15, 0.2) is 12.1 Å². The Labute approximate surface area is 168 Å². The Bertz CT molecular complexity index is 876. The number of esters is 1. The number of benzene rings is 1. The molecule has 1 aromatic carbocycles. The zero-order valence-electron chi connectivity index (χ0n) is 15.6. The van der Waals surface area contributed by atoms with Gasteiger partial charge in [0.15, 0.2) is 17.3 Å². The summed E-state index contributed by atoms with van der Waals surface area (Å²) in [7, 11) is 0. The summed E-state index contributed by atoms with van der Waals surface area (Å²) in [6.45, 7) is 2.62. The molecule has 160 valence electrons. The molecule has 1 atom stereocenters. The van der Waals surface area contributed by atoms with Gasteiger partial charge in [0.1, 0.15) is 11.0 Å². The second kappa shape index (κ2) is 10.0. The van der Waals surface area contributed by atoms with Gasteiger partial charge in [-0.3, -0.25) is 0 Å². The molecule has 29 heavy (non-hydrogen) atoms. The standard InChI is InChI=1S/C18H19ClF5N3O2/c1-3-29-18(28)15-11(4-5-25-9(2)17(23)24)16(19)27(26-15)8-10-6-13(21)14(22)7-12(10)20/h6-7,9,17,25H,3-5,8H2,1-2H3. The third-order valence-electron chi connectivity index (χ3n) is 4.08. The van der Waals surface area contributed by atoms with E-state index in [2.05, 4.69) is 10.4 Å². The van der Waals surface area contributed by atoms with Gasteiger partial charge in [-0.25, -0.2) is 31.4 Å². The number of nitrogens with one attached hydrogen (secondary N) is 1. The average molecular weight is 440 g/mol. The Morgan fingerprint density at radius 2 is 1.90 bits per heavy atom. The van der Waals surface area contributed by atoms with Crippen LogP contribution in [0.5, 0.6) is 0 Å². The van der Waals surface area contributed by atoms with E-state index in [1.165, 1.54) is 6.92 Å². The maximum atomic E-state index is 13.9. The van der Waals surface area contributed by atoms with E-state index in [9.17, 15) is 26.7 Å². The van der Waals surface area contributed by atoms with Crippen LogP contribution in [0.4, 0.5) is 22.0 Å². The number of carbonyl (C=O) groups excluding carboxylic acids is 1. The number of aromatic nitrogens is 2. The molecule has 0 amide bonds. The molecule has 0 aliphatic heterocycles. The van der Waals surface area contributed by atoms with E-state index in [1.54, 1.807) is 6.92 Å². The van der Waals surface area contributed by atoms with E-state index in [0.717, 1.165) is 4.68 Å². The molecule has 0 bridgehead atoms. The molecule has 1 N–H and O–H groups in total. The molecule has 0 aliphatic carbocycles. The van der Waals surface area contributed by atoms with Crippen molar-refractivity contribution in [2.45, 2.75) is 39.3 Å². The van der Waals surface area contributed by atoms with Crippen molar-refractivity contribution in [2.24, 2.45) is 0 Å². The minimum absolute atomic E-state index is 0.0568. The summed E-state index contributed by atoms with van der Waals surface area (Å²) in [5, 5.41) is 6.52. The molecule has 0 aliphatic rings. The second-order valence-corrected chi connectivity index (χ2v) is 6.54. The van der Waals surface area contributed by atoms with Crippen LogP contribution in [0.2, 0.25) is 5.15 Å². The summed E-state index contributed by atoms with van der Waals surface area (Å²) >= 11 is 6.25. The van der Waals surface area contributed by atoms with Crippen molar-refractivity contribution in [3.8, 4) is 0 Å². The molecular formula is C18H19ClF5N3O2. The van der Waals surface area contributed by atoms with Crippen LogP contribution in [-0.2, 0) is 17.7 Å². The van der Waals surface area contributed by atoms with Gasteiger partial charge in [0.05, 0.1) is 19.2 Å². The highest BCUT2D eigenvalue weighted by Crippen LogP contribution is 2.24. The second-order valence-electron chi connectivity index (χ2n) is 6.18. The Balaban J connectivity index is 2.31. The number of hydrogen-bond donors (Lipinski definition) is 1. The highest BCUT2D eigenvalue weighted by atomic mass is 35.5. The molecule has 0 saturated carbocycles. The lowest BCUT2D eigenvalue weighted by atomic mass is 10.1. The number of rotatable bonds is 9. The molecule has 0 spiro atoms. The smallest absolute Gasteiger partial charge is 0.359 e. The van der Waals surface area contributed by atoms with Crippen LogP contribution >= 0.6 is 11.6 Å². The fourth-order valence-corrected chi connectivity index (χ4v) is 2.81. The van der Waals surface area contributed by atoms with E-state index in [-0.39, 0.29) is 48.1 Å². The molecule has 5 nitrogen and oxygen atoms in total. The van der Waals surface area contributed by atoms with Gasteiger partial charge in [-0.05, 0) is 32.9 Å². The Hall–Kier alpha value is -2.20. The Morgan fingerprint density at radius 1 is 1.24 bits per heavy atom. The third kappa shape index (κ3) is 5.66. The normalized spacial score (nSPS) is 12.4. The maximum Gasteiger partial charge on any atom is 0.359 e. The van der Waals surface area contributed by atoms with Crippen LogP contribution in [0.25, 0.3) is 0 Å². The van der Waals surface area contributed by atoms with Gasteiger partial charge in [-0.2, -0.15) is 5.10 Å². The summed E-state index contributed by atoms with van der Waals surface area (Å²) < 4.78 is 71.7. The lowest BCUT2D eigenvalue weighted by Crippen LogP contribution is -2.34. The molecule has 2 rings (SSSR count). The molecule has 1 aromatic heterocycles. The fraction of sp³-hybridized carbons (Fsp3) is 0.444. The minimum atomic E-state index is -2.57. The lowest BCUT2D eigenvalue weighted by molar-refractivity contribution is 0.0517. The van der Waals surface area contributed by atoms with E-state index >= 15 is 0 Å². The highest BCUT2D eigenvalue weighted by Gasteiger charge is 2.24. The molecule has 11 heteroatoms. The first-order chi connectivity index (χ1) is 13.6. The quantitative estimate of drug-likeness (QED) is 0.365. The van der Waals surface area contributed by atoms with E-state index in [1.807, 2.05) is 0 Å². The summed E-state index contributed by atoms with van der Waals surface area (Å²) in [5.41, 5.74) is -0.187. The van der Waals surface area contributed by atoms with Crippen LogP contribution in [-0.4, -0.2) is 41.4 Å². The SMILES string of the molecule is CCOC(=O)c1nn(Cc2cc(F)c(F)cc2F)c(Cl)c1CCNC(C)C(F)F. The van der Waals surface area contributed by atoms with Crippen molar-refractivity contribution < 1.29 is 31.5 Å². The first-order valence-corrected chi connectivity index (χ1v) is 9.10. The summed E-state index contributed by atoms with van der Waals surface area (Å²) in [5.74, 6) is -4.40. The van der Waals surface area contributed by atoms with Gasteiger partial charge in [0.2, 0.25) is 0 Å². The minimum Gasteiger partial charge on any atom is -0.461 e. The van der Waals surface area contributed by atoms with Crippen LogP contribution in [0.3, 0.4) is 0 Å². The van der Waals surface area contributed by atoms with Crippen molar-refractivity contribution in [3.63, 3.8) is 0 Å². The number of alkyl halides is 2. The van der Waals surface area contributed by atoms with Crippen LogP contribution in [0, 0.1) is 17.5 Å². The first kappa shape index (κ1) is 23.1. The van der Waals surface area contributed by atoms with Gasteiger partial charge in [-0.15, -0.1) is 0 Å². The van der Waals surface area contributed by atoms with E-state index in [4.69, 9.17) is 16.3 Å². The van der Waals surface area contributed by atoms with Gasteiger partial charge in [-0.1, -0.05) is 11.6 Å². The van der Waals surface area contributed by atoms with Crippen molar-refractivity contribution in [2.75, 3.05) is 13.2 Å². The lowest BCUT2D eigenvalue weighted by Gasteiger charge is -2.12. The van der Waals surface area contributed by atoms with Crippen molar-refractivity contribution in [1.82, 2.24) is 15.1 Å². The molecular weight excluding hydrogens is 421 g/mol. The monoisotopic (exact) mass is 439 g/mol. The van der Waals surface area contributed by atoms with Crippen molar-refractivity contribution in [1.29, 1.82) is 0 Å². The number of carbonyl (C=O) groups is 1. The summed E-state index contributed by atoms with van der Waals surface area (Å²) in [4.78, 5) is 12.2. The highest BCUT2D eigenvalue weighted by molar-refractivity contribution is 6.30. The molecule has 0 radical (unpaired) electrons. The van der Waals surface area contributed by atoms with Gasteiger partial charge < -0.3 is 10.1 Å². The zero-order valence-corrected chi connectivity index (χ0v) is 16.4. The maximum absolute atomic E-state index is 13.9. The van der Waals surface area contributed by atoms with Crippen LogP contribution in [0.1, 0.15) is 35.5 Å². The number of nitrogens with zero attached hydrogens (tertiary/aromatic N) is 2. The van der Waals surface area contributed by atoms with Crippen LogP contribution < -0.4 is 5.32 Å². The topological polar surface area (TPSA) is 56.1 Å². The first-order valence-electron chi connectivity index (χ1n) is 8.72. The number of ether oxygens (including phenoxy) is 1. The molecule has 1 unspecified atom stereocenters. The van der Waals surface area contributed by atoms with Crippen molar-refractivity contribution in [3.05, 3.63) is 51.6 Å². The van der Waals surface area contributed by atoms with Gasteiger partial charge >= 0.3 is 5.97 Å². The predicted octanol–water partition coefficient (Wildman–Crippen LogP) is 3.96. The Kier molecular flexibility index (Phi) is 7.97. The Morgan fingerprint density at radius 3 is 2.52 bits per heavy atom. The number of hydrogen-bond acceptors (Lipinski definition) is 4. The summed E-state index contributed by atoms with van der Waals surface area (Å²) in [6.07, 6.45) is -2.52. The van der Waals surface area contributed by atoms with Crippen molar-refractivity contribution >= 4 is 17.6 Å². The van der Waals surface area contributed by atoms with Gasteiger partial charge in [0.25, 0.3) is 6.43 Å². The van der Waals surface area contributed by atoms with Gasteiger partial charge in [0, 0.05) is 17.2 Å². The molecule has 2 aromatic rings. The fourth-order valence-electron chi connectivity index (χ4n) is 2.53. The predicted molar refractivity (Wildman–Crippen MR) is 95.8 cm³/mol. The average Bonchev–Trinajstić information content (AvgIpc) is 2.96. The molecule has 0 saturated heterocycles.